The van der Waals surface area contributed by atoms with Gasteiger partial charge in [0.1, 0.15) is 5.69 Å². The van der Waals surface area contributed by atoms with Crippen LogP contribution >= 0.6 is 0 Å². The van der Waals surface area contributed by atoms with Crippen molar-refractivity contribution in [1.82, 2.24) is 15.0 Å². The number of nitrogens with zero attached hydrogens (tertiary/aromatic N) is 4. The summed E-state index contributed by atoms with van der Waals surface area (Å²) in [5, 5.41) is 30.0. The van der Waals surface area contributed by atoms with Crippen molar-refractivity contribution >= 4 is 17.3 Å². The molecule has 0 aliphatic heterocycles. The summed E-state index contributed by atoms with van der Waals surface area (Å²) in [6, 6.07) is 12.6. The second kappa shape index (κ2) is 7.53. The van der Waals surface area contributed by atoms with Gasteiger partial charge in [0, 0.05) is 23.4 Å². The number of anilines is 1. The largest absolute Gasteiger partial charge is 0.390 e. The summed E-state index contributed by atoms with van der Waals surface area (Å²) in [4.78, 5) is 22.4. The fourth-order valence-corrected chi connectivity index (χ4v) is 2.31. The van der Waals surface area contributed by atoms with Gasteiger partial charge >= 0.3 is 0 Å². The molecule has 0 fully saturated rings. The monoisotopic (exact) mass is 353 g/mol. The lowest BCUT2D eigenvalue weighted by Crippen LogP contribution is -2.12. The first-order valence-electron chi connectivity index (χ1n) is 7.70. The van der Waals surface area contributed by atoms with Crippen LogP contribution in [0.15, 0.2) is 54.7 Å². The van der Waals surface area contributed by atoms with E-state index in [9.17, 15) is 14.9 Å². The van der Waals surface area contributed by atoms with Gasteiger partial charge in [-0.25, -0.2) is 4.68 Å². The molecule has 1 heterocycles. The van der Waals surface area contributed by atoms with Crippen molar-refractivity contribution < 1.29 is 14.8 Å². The van der Waals surface area contributed by atoms with Crippen LogP contribution in [-0.4, -0.2) is 30.9 Å². The summed E-state index contributed by atoms with van der Waals surface area (Å²) in [5.41, 5.74) is 2.31. The molecule has 3 rings (SSSR count). The van der Waals surface area contributed by atoms with Crippen LogP contribution in [0.2, 0.25) is 0 Å². The first kappa shape index (κ1) is 17.2. The lowest BCUT2D eigenvalue weighted by atomic mass is 10.1. The summed E-state index contributed by atoms with van der Waals surface area (Å²) >= 11 is 0. The van der Waals surface area contributed by atoms with Crippen LogP contribution in [0.25, 0.3) is 0 Å². The SMILES string of the molecule is O=C(Nc1ccc([N+](=O)[O-])cc1)c1ccc(Cn2cc(CO)nn2)cc1. The number of nitro benzene ring substituents is 1. The van der Waals surface area contributed by atoms with Crippen molar-refractivity contribution in [3.8, 4) is 0 Å². The van der Waals surface area contributed by atoms with Crippen LogP contribution in [0, 0.1) is 10.1 Å². The van der Waals surface area contributed by atoms with Gasteiger partial charge in [-0.2, -0.15) is 0 Å². The number of nitro groups is 1. The van der Waals surface area contributed by atoms with Crippen molar-refractivity contribution in [2.24, 2.45) is 0 Å². The zero-order valence-electron chi connectivity index (χ0n) is 13.6. The minimum Gasteiger partial charge on any atom is -0.390 e. The smallest absolute Gasteiger partial charge is 0.269 e. The molecule has 26 heavy (non-hydrogen) atoms. The zero-order valence-corrected chi connectivity index (χ0v) is 13.6. The second-order valence-electron chi connectivity index (χ2n) is 5.52. The molecule has 0 bridgehead atoms. The van der Waals surface area contributed by atoms with Gasteiger partial charge in [0.15, 0.2) is 0 Å². The van der Waals surface area contributed by atoms with Crippen LogP contribution in [0.5, 0.6) is 0 Å². The molecule has 2 N–H and O–H groups in total. The summed E-state index contributed by atoms with van der Waals surface area (Å²) in [6.07, 6.45) is 1.65. The van der Waals surface area contributed by atoms with E-state index in [1.165, 1.54) is 24.3 Å². The highest BCUT2D eigenvalue weighted by molar-refractivity contribution is 6.04. The summed E-state index contributed by atoms with van der Waals surface area (Å²) in [5.74, 6) is -0.311. The first-order valence-corrected chi connectivity index (χ1v) is 7.70. The molecule has 9 nitrogen and oxygen atoms in total. The molecule has 1 amide bonds. The Labute approximate surface area is 148 Å². The van der Waals surface area contributed by atoms with E-state index in [0.29, 0.717) is 23.5 Å². The fourth-order valence-electron chi connectivity index (χ4n) is 2.31. The van der Waals surface area contributed by atoms with Crippen molar-refractivity contribution in [2.75, 3.05) is 5.32 Å². The van der Waals surface area contributed by atoms with Gasteiger partial charge in [0.2, 0.25) is 0 Å². The average molecular weight is 353 g/mol. The molecule has 0 spiro atoms. The number of carbonyl (C=O) groups is 1. The number of benzene rings is 2. The molecular weight excluding hydrogens is 338 g/mol. The molecule has 9 heteroatoms. The molecule has 0 saturated heterocycles. The zero-order chi connectivity index (χ0) is 18.5. The van der Waals surface area contributed by atoms with Gasteiger partial charge in [0.25, 0.3) is 11.6 Å². The second-order valence-corrected chi connectivity index (χ2v) is 5.52. The van der Waals surface area contributed by atoms with E-state index in [2.05, 4.69) is 15.6 Å². The highest BCUT2D eigenvalue weighted by Crippen LogP contribution is 2.16. The molecule has 0 aliphatic rings. The summed E-state index contributed by atoms with van der Waals surface area (Å²) < 4.78 is 1.59. The van der Waals surface area contributed by atoms with Crippen molar-refractivity contribution in [3.63, 3.8) is 0 Å². The topological polar surface area (TPSA) is 123 Å². The summed E-state index contributed by atoms with van der Waals surface area (Å²) in [6.45, 7) is 0.305. The number of aliphatic hydroxyl groups excluding tert-OH is 1. The van der Waals surface area contributed by atoms with Crippen molar-refractivity contribution in [1.29, 1.82) is 0 Å². The van der Waals surface area contributed by atoms with E-state index >= 15 is 0 Å². The van der Waals surface area contributed by atoms with E-state index in [0.717, 1.165) is 5.56 Å². The van der Waals surface area contributed by atoms with Gasteiger partial charge < -0.3 is 10.4 Å². The van der Waals surface area contributed by atoms with E-state index in [1.807, 2.05) is 0 Å². The van der Waals surface area contributed by atoms with Crippen LogP contribution in [0.1, 0.15) is 21.6 Å². The summed E-state index contributed by atoms with van der Waals surface area (Å²) in [7, 11) is 0. The Balaban J connectivity index is 1.63. The van der Waals surface area contributed by atoms with Crippen molar-refractivity contribution in [2.45, 2.75) is 13.2 Å². The number of hydrogen-bond donors (Lipinski definition) is 2. The highest BCUT2D eigenvalue weighted by Gasteiger charge is 2.09. The number of carbonyl (C=O) groups excluding carboxylic acids is 1. The molecule has 0 atom stereocenters. The Kier molecular flexibility index (Phi) is 4.99. The quantitative estimate of drug-likeness (QED) is 0.516. The predicted octanol–water partition coefficient (Wildman–Crippen LogP) is 1.98. The van der Waals surface area contributed by atoms with E-state index in [4.69, 9.17) is 5.11 Å². The maximum atomic E-state index is 12.2. The molecular formula is C17H15N5O4. The molecule has 0 aliphatic carbocycles. The third-order valence-corrected chi connectivity index (χ3v) is 3.64. The van der Waals surface area contributed by atoms with E-state index < -0.39 is 4.92 Å². The van der Waals surface area contributed by atoms with Gasteiger partial charge in [-0.1, -0.05) is 17.3 Å². The van der Waals surface area contributed by atoms with E-state index in [-0.39, 0.29) is 18.2 Å². The number of nitrogens with one attached hydrogen (secondary N) is 1. The van der Waals surface area contributed by atoms with Crippen LogP contribution < -0.4 is 5.32 Å². The molecule has 0 unspecified atom stereocenters. The molecule has 0 saturated carbocycles. The molecule has 2 aromatic carbocycles. The predicted molar refractivity (Wildman–Crippen MR) is 92.5 cm³/mol. The number of hydrogen-bond acceptors (Lipinski definition) is 6. The number of rotatable bonds is 6. The molecule has 1 aromatic heterocycles. The fraction of sp³-hybridized carbons (Fsp3) is 0.118. The highest BCUT2D eigenvalue weighted by atomic mass is 16.6. The Bertz CT molecular complexity index is 919. The third-order valence-electron chi connectivity index (χ3n) is 3.64. The first-order chi connectivity index (χ1) is 12.5. The number of non-ortho nitro benzene ring substituents is 1. The average Bonchev–Trinajstić information content (AvgIpc) is 3.10. The lowest BCUT2D eigenvalue weighted by molar-refractivity contribution is -0.384. The Morgan fingerprint density at radius 3 is 2.42 bits per heavy atom. The van der Waals surface area contributed by atoms with Gasteiger partial charge in [-0.3, -0.25) is 14.9 Å². The number of amides is 1. The third kappa shape index (κ3) is 4.08. The van der Waals surface area contributed by atoms with Gasteiger partial charge in [-0.05, 0) is 29.8 Å². The number of aliphatic hydroxyl groups is 1. The molecule has 132 valence electrons. The minimum absolute atomic E-state index is 0.0372. The standard InChI is InChI=1S/C17H15N5O4/c23-11-15-10-21(20-19-15)9-12-1-3-13(4-2-12)17(24)18-14-5-7-16(8-6-14)22(25)26/h1-8,10,23H,9,11H2,(H,18,24). The Hall–Kier alpha value is -3.59. The normalized spacial score (nSPS) is 10.5. The van der Waals surface area contributed by atoms with Crippen LogP contribution in [-0.2, 0) is 13.2 Å². The number of aromatic nitrogens is 3. The minimum atomic E-state index is -0.497. The van der Waals surface area contributed by atoms with E-state index in [1.54, 1.807) is 35.1 Å². The van der Waals surface area contributed by atoms with Gasteiger partial charge in [-0.15, -0.1) is 5.10 Å². The maximum Gasteiger partial charge on any atom is 0.269 e. The van der Waals surface area contributed by atoms with Gasteiger partial charge in [0.05, 0.1) is 24.3 Å². The lowest BCUT2D eigenvalue weighted by Gasteiger charge is -2.06. The van der Waals surface area contributed by atoms with Crippen molar-refractivity contribution in [3.05, 3.63) is 81.7 Å². The molecule has 0 radical (unpaired) electrons. The Morgan fingerprint density at radius 1 is 1.15 bits per heavy atom. The van der Waals surface area contributed by atoms with Crippen LogP contribution in [0.3, 0.4) is 0 Å². The molecule has 3 aromatic rings. The maximum absolute atomic E-state index is 12.2. The van der Waals surface area contributed by atoms with Crippen LogP contribution in [0.4, 0.5) is 11.4 Å². The Morgan fingerprint density at radius 2 is 1.85 bits per heavy atom.